The minimum absolute atomic E-state index is 0.695. The first kappa shape index (κ1) is 8.97. The lowest BCUT2D eigenvalue weighted by molar-refractivity contribution is 0.328. The third kappa shape index (κ3) is 2.19. The number of hydrogen-bond donors (Lipinski definition) is 2. The number of rotatable bonds is 1. The summed E-state index contributed by atoms with van der Waals surface area (Å²) in [6.07, 6.45) is 1.32. The minimum atomic E-state index is 0.695. The Balaban J connectivity index is 2.38. The van der Waals surface area contributed by atoms with Gasteiger partial charge in [0.1, 0.15) is 0 Å². The normalized spacial score (nSPS) is 41.6. The molecule has 1 saturated heterocycles. The van der Waals surface area contributed by atoms with Crippen LogP contribution in [0.2, 0.25) is 0 Å². The lowest BCUT2D eigenvalue weighted by atomic mass is 9.98. The van der Waals surface area contributed by atoms with E-state index in [1.54, 1.807) is 0 Å². The first-order valence-corrected chi connectivity index (χ1v) is 5.66. The molecule has 0 amide bonds. The molecule has 0 aromatic heterocycles. The summed E-state index contributed by atoms with van der Waals surface area (Å²) in [5.74, 6) is 0.836. The van der Waals surface area contributed by atoms with E-state index in [1.807, 2.05) is 0 Å². The Bertz CT molecular complexity index is 112. The van der Waals surface area contributed by atoms with Crippen molar-refractivity contribution >= 4 is 25.7 Å². The van der Waals surface area contributed by atoms with Gasteiger partial charge >= 0.3 is 0 Å². The van der Waals surface area contributed by atoms with Gasteiger partial charge in [0.2, 0.25) is 16.3 Å². The van der Waals surface area contributed by atoms with Crippen molar-refractivity contribution in [1.82, 2.24) is 10.4 Å². The van der Waals surface area contributed by atoms with E-state index in [-0.39, 0.29) is 0 Å². The van der Waals surface area contributed by atoms with Crippen molar-refractivity contribution in [1.29, 1.82) is 0 Å². The number of nitrogens with one attached hydrogen (secondary N) is 2. The third-order valence-corrected chi connectivity index (χ3v) is 3.90. The van der Waals surface area contributed by atoms with Crippen LogP contribution in [0, 0.1) is 5.92 Å². The maximum absolute atomic E-state index is 3.52. The fraction of sp³-hybridized carbons (Fsp3) is 1.00. The van der Waals surface area contributed by atoms with Crippen LogP contribution < -0.4 is 10.4 Å². The van der Waals surface area contributed by atoms with Crippen LogP contribution >= 0.6 is 9.39 Å². The Hall–Kier alpha value is 0.882. The zero-order chi connectivity index (χ0) is 7.56. The van der Waals surface area contributed by atoms with Gasteiger partial charge in [0.25, 0.3) is 0 Å². The minimum Gasteiger partial charge on any atom is -0.326 e. The molecule has 4 heteroatoms. The molecular weight excluding hydrogens is 158 g/mol. The summed E-state index contributed by atoms with van der Waals surface area (Å²) in [6, 6.07) is 0.695. The fourth-order valence-electron chi connectivity index (χ4n) is 1.46. The lowest BCUT2D eigenvalue weighted by Gasteiger charge is -2.33. The van der Waals surface area contributed by atoms with Crippen molar-refractivity contribution in [2.45, 2.75) is 24.3 Å². The summed E-state index contributed by atoms with van der Waals surface area (Å²) in [7, 11) is 2.62. The van der Waals surface area contributed by atoms with Gasteiger partial charge in [-0.3, -0.25) is 5.09 Å². The molecule has 2 nitrogen and oxygen atoms in total. The highest BCUT2D eigenvalue weighted by molar-refractivity contribution is 7.13. The molecule has 1 aliphatic rings. The van der Waals surface area contributed by atoms with Gasteiger partial charge in [-0.25, -0.2) is 0 Å². The molecule has 1 aliphatic heterocycles. The molecule has 1 fully saturated rings. The molecule has 0 bridgehead atoms. The van der Waals surface area contributed by atoms with Gasteiger partial charge in [0.15, 0.2) is 0 Å². The van der Waals surface area contributed by atoms with Crippen molar-refractivity contribution < 1.29 is 0 Å². The second kappa shape index (κ2) is 4.05. The zero-order valence-electron chi connectivity index (χ0n) is 6.72. The van der Waals surface area contributed by atoms with Crippen molar-refractivity contribution in [3.05, 3.63) is 0 Å². The molecule has 0 radical (unpaired) electrons. The second-order valence-corrected chi connectivity index (χ2v) is 4.89. The van der Waals surface area contributed by atoms with Gasteiger partial charge in [-0.05, 0) is 23.8 Å². The molecule has 0 aromatic rings. The summed E-state index contributed by atoms with van der Waals surface area (Å²) in [4.78, 5) is 0.758. The highest BCUT2D eigenvalue weighted by Gasteiger charge is 2.22. The predicted octanol–water partition coefficient (Wildman–Crippen LogP) is -0.677. The lowest BCUT2D eigenvalue weighted by Crippen LogP contribution is -2.52. The van der Waals surface area contributed by atoms with Gasteiger partial charge in [0, 0.05) is 6.04 Å². The van der Waals surface area contributed by atoms with Crippen molar-refractivity contribution in [2.75, 3.05) is 6.54 Å². The van der Waals surface area contributed by atoms with Crippen molar-refractivity contribution in [3.8, 4) is 0 Å². The van der Waals surface area contributed by atoms with Crippen LogP contribution in [0.5, 0.6) is 0 Å². The third-order valence-electron chi connectivity index (χ3n) is 2.26. The average Bonchev–Trinajstić information content (AvgIpc) is 1.94. The molecule has 10 heavy (non-hydrogen) atoms. The van der Waals surface area contributed by atoms with Crippen LogP contribution in [0.25, 0.3) is 0 Å². The van der Waals surface area contributed by atoms with E-state index in [9.17, 15) is 0 Å². The summed E-state index contributed by atoms with van der Waals surface area (Å²) in [6.45, 7) is 3.51. The standard InChI is InChI=1S/C6H14N2P.Al.2H/c1-5-2-6(8-9)4-7-3-5;;;/h4-8H,2-3,9H2,1H3;;;. The highest BCUT2D eigenvalue weighted by Crippen LogP contribution is 2.13. The Morgan fingerprint density at radius 3 is 2.90 bits per heavy atom. The molecule has 1 rings (SSSR count). The molecule has 2 N–H and O–H groups in total. The molecule has 0 saturated carbocycles. The van der Waals surface area contributed by atoms with Crippen LogP contribution in [0.4, 0.5) is 0 Å². The summed E-state index contributed by atoms with van der Waals surface area (Å²) >= 11 is 1.25. The van der Waals surface area contributed by atoms with Crippen LogP contribution in [-0.4, -0.2) is 33.8 Å². The molecule has 58 valence electrons. The van der Waals surface area contributed by atoms with Gasteiger partial charge in [-0.1, -0.05) is 16.3 Å². The first-order valence-electron chi connectivity index (χ1n) is 3.93. The van der Waals surface area contributed by atoms with Crippen molar-refractivity contribution in [2.24, 2.45) is 5.92 Å². The topological polar surface area (TPSA) is 24.1 Å². The first-order chi connectivity index (χ1) is 4.74. The van der Waals surface area contributed by atoms with Crippen molar-refractivity contribution in [3.63, 3.8) is 0 Å². The van der Waals surface area contributed by atoms with E-state index in [2.05, 4.69) is 26.7 Å². The second-order valence-electron chi connectivity index (χ2n) is 3.31. The monoisotopic (exact) mass is 174 g/mol. The van der Waals surface area contributed by atoms with Crippen LogP contribution in [0.3, 0.4) is 0 Å². The average molecular weight is 174 g/mol. The highest BCUT2D eigenvalue weighted by atomic mass is 31.0. The molecule has 1 heterocycles. The summed E-state index contributed by atoms with van der Waals surface area (Å²) in [5, 5.41) is 6.79. The van der Waals surface area contributed by atoms with E-state index in [0.29, 0.717) is 6.04 Å². The van der Waals surface area contributed by atoms with Gasteiger partial charge in [-0.15, -0.1) is 0 Å². The quantitative estimate of drug-likeness (QED) is 0.406. The number of hydrogen-bond acceptors (Lipinski definition) is 2. The van der Waals surface area contributed by atoms with Crippen LogP contribution in [0.1, 0.15) is 13.3 Å². The van der Waals surface area contributed by atoms with E-state index < -0.39 is 0 Å². The Morgan fingerprint density at radius 1 is 1.70 bits per heavy atom. The van der Waals surface area contributed by atoms with Gasteiger partial charge in [0.05, 0.1) is 0 Å². The predicted molar refractivity (Wildman–Crippen MR) is 50.7 cm³/mol. The zero-order valence-corrected chi connectivity index (χ0v) is 9.88. The molecule has 0 aliphatic carbocycles. The van der Waals surface area contributed by atoms with Crippen LogP contribution in [-0.2, 0) is 0 Å². The maximum Gasteiger partial charge on any atom is 0.241 e. The summed E-state index contributed by atoms with van der Waals surface area (Å²) < 4.78 is 0. The molecule has 4 unspecified atom stereocenters. The van der Waals surface area contributed by atoms with E-state index in [4.69, 9.17) is 0 Å². The molecule has 4 atom stereocenters. The van der Waals surface area contributed by atoms with E-state index in [1.165, 1.54) is 29.3 Å². The van der Waals surface area contributed by atoms with E-state index >= 15 is 0 Å². The van der Waals surface area contributed by atoms with Gasteiger partial charge in [-0.2, -0.15) is 0 Å². The fourth-order valence-corrected chi connectivity index (χ4v) is 2.97. The Morgan fingerprint density at radius 2 is 2.40 bits per heavy atom. The largest absolute Gasteiger partial charge is 0.326 e. The Labute approximate surface area is 73.2 Å². The SMILES string of the molecule is CC1CN[CH]([AlH2])C(NP)C1. The number of piperidine rings is 1. The van der Waals surface area contributed by atoms with Crippen LogP contribution in [0.15, 0.2) is 0 Å². The van der Waals surface area contributed by atoms with Gasteiger partial charge < -0.3 is 5.32 Å². The summed E-state index contributed by atoms with van der Waals surface area (Å²) in [5.41, 5.74) is 0. The molecular formula is C6H16AlN2P. The maximum atomic E-state index is 3.52. The Kier molecular flexibility index (Phi) is 3.63. The smallest absolute Gasteiger partial charge is 0.241 e. The van der Waals surface area contributed by atoms with E-state index in [0.717, 1.165) is 10.8 Å². The molecule has 0 spiro atoms. The molecule has 0 aromatic carbocycles.